The molecule has 1 nitrogen and oxygen atoms in total. The predicted molar refractivity (Wildman–Crippen MR) is 22.0 cm³/mol. The number of allylic oxidation sites excluding steroid dienone is 1. The van der Waals surface area contributed by atoms with Crippen LogP contribution in [-0.2, 0) is 4.79 Å². The Bertz CT molecular complexity index is 27.9. The first kappa shape index (κ1) is 9.00. The van der Waals surface area contributed by atoms with Crippen molar-refractivity contribution in [2.45, 2.75) is 0 Å². The molecule has 27 valence electrons. The molecule has 0 fully saturated rings. The summed E-state index contributed by atoms with van der Waals surface area (Å²) in [5.41, 5.74) is 0. The van der Waals surface area contributed by atoms with Crippen LogP contribution in [0.1, 0.15) is 0 Å². The molecule has 5 heavy (non-hydrogen) atoms. The van der Waals surface area contributed by atoms with Crippen molar-refractivity contribution >= 4 is 32.5 Å². The van der Waals surface area contributed by atoms with Crippen molar-refractivity contribution in [1.82, 2.24) is 0 Å². The molecule has 0 aromatic carbocycles. The van der Waals surface area contributed by atoms with Gasteiger partial charge in [-0.05, 0) is 6.08 Å². The summed E-state index contributed by atoms with van der Waals surface area (Å²) in [5.74, 6) is 0. The zero-order chi connectivity index (χ0) is 3.41. The van der Waals surface area contributed by atoms with E-state index in [1.807, 2.05) is 0 Å². The summed E-state index contributed by atoms with van der Waals surface area (Å²) in [6.45, 7) is 3.11. The number of carbonyl (C=O) groups is 1. The van der Waals surface area contributed by atoms with E-state index in [-0.39, 0.29) is 26.2 Å². The van der Waals surface area contributed by atoms with Crippen LogP contribution in [-0.4, -0.2) is 32.5 Å². The molecule has 0 bridgehead atoms. The third-order valence-corrected chi connectivity index (χ3v) is 0.0962. The fourth-order valence-corrected chi connectivity index (χ4v) is 0. The number of hydrogen-bond donors (Lipinski definition) is 0. The van der Waals surface area contributed by atoms with Crippen LogP contribution in [0.4, 0.5) is 0 Å². The summed E-state index contributed by atoms with van der Waals surface area (Å²) in [4.78, 5) is 9.06. The molecule has 0 aliphatic carbocycles. The van der Waals surface area contributed by atoms with Crippen LogP contribution in [0.2, 0.25) is 0 Å². The number of rotatable bonds is 1. The molecule has 0 spiro atoms. The van der Waals surface area contributed by atoms with Crippen LogP contribution in [0.3, 0.4) is 0 Å². The van der Waals surface area contributed by atoms with Crippen molar-refractivity contribution in [3.63, 3.8) is 0 Å². The van der Waals surface area contributed by atoms with Gasteiger partial charge in [-0.1, -0.05) is 6.58 Å². The molecule has 0 aromatic heterocycles. The minimum Gasteiger partial charge on any atom is -0.299 e. The first-order chi connectivity index (χ1) is 1.91. The Balaban J connectivity index is 0. The first-order valence-corrected chi connectivity index (χ1v) is 0.977. The molecule has 0 heterocycles. The predicted octanol–water partition coefficient (Wildman–Crippen LogP) is -0.00950. The Hall–Kier alpha value is 0.293. The van der Waals surface area contributed by atoms with Crippen LogP contribution >= 0.6 is 0 Å². The molecular weight excluding hydrogens is 261 g/mol. The van der Waals surface area contributed by atoms with E-state index >= 15 is 0 Å². The Kier molecular flexibility index (Phi) is 15.9. The van der Waals surface area contributed by atoms with Crippen molar-refractivity contribution in [2.24, 2.45) is 0 Å². The minimum absolute atomic E-state index is 0. The van der Waals surface area contributed by atoms with Gasteiger partial charge in [0, 0.05) is 26.2 Å². The van der Waals surface area contributed by atoms with Gasteiger partial charge in [-0.25, -0.2) is 0 Å². The summed E-state index contributed by atoms with van der Waals surface area (Å²) >= 11 is 0. The molecule has 0 rings (SSSR count). The number of aldehydes is 1. The van der Waals surface area contributed by atoms with E-state index in [2.05, 4.69) is 6.58 Å². The van der Waals surface area contributed by atoms with Gasteiger partial charge in [-0.3, -0.25) is 4.79 Å². The van der Waals surface area contributed by atoms with Crippen LogP contribution in [0.15, 0.2) is 12.7 Å². The third kappa shape index (κ3) is 13.5. The van der Waals surface area contributed by atoms with E-state index in [0.29, 0.717) is 6.29 Å². The second kappa shape index (κ2) is 8.85. The van der Waals surface area contributed by atoms with Crippen molar-refractivity contribution in [3.8, 4) is 0 Å². The Morgan fingerprint density at radius 2 is 1.80 bits per heavy atom. The molecule has 0 atom stereocenters. The maximum Gasteiger partial charge on any atom is 0.142 e. The van der Waals surface area contributed by atoms with Crippen molar-refractivity contribution in [1.29, 1.82) is 0 Å². The molecule has 0 saturated carbocycles. The van der Waals surface area contributed by atoms with Gasteiger partial charge in [0.2, 0.25) is 0 Å². The topological polar surface area (TPSA) is 17.1 Å². The third-order valence-electron chi connectivity index (χ3n) is 0.0962. The SMILES string of the molecule is C=CC=O.[Bi]. The first-order valence-electron chi connectivity index (χ1n) is 0.977. The molecule has 0 aromatic rings. The summed E-state index contributed by atoms with van der Waals surface area (Å²) in [6.07, 6.45) is 1.83. The largest absolute Gasteiger partial charge is 0.299 e. The standard InChI is InChI=1S/C3H4O.Bi/c1-2-3-4;/h2-3H,1H2;. The number of carbonyl (C=O) groups excluding carboxylic acids is 1. The summed E-state index contributed by atoms with van der Waals surface area (Å²) < 4.78 is 0. The van der Waals surface area contributed by atoms with Gasteiger partial charge in [0.25, 0.3) is 0 Å². The summed E-state index contributed by atoms with van der Waals surface area (Å²) in [5, 5.41) is 0. The molecule has 0 unspecified atom stereocenters. The van der Waals surface area contributed by atoms with E-state index in [9.17, 15) is 0 Å². The fourth-order valence-electron chi connectivity index (χ4n) is 0. The van der Waals surface area contributed by atoms with Gasteiger partial charge in [0.05, 0.1) is 0 Å². The maximum atomic E-state index is 9.06. The molecule has 2 heteroatoms. The molecular formula is C3H4BiO. The number of hydrogen-bond acceptors (Lipinski definition) is 1. The maximum absolute atomic E-state index is 9.06. The molecule has 3 radical (unpaired) electrons. The van der Waals surface area contributed by atoms with Gasteiger partial charge < -0.3 is 0 Å². The van der Waals surface area contributed by atoms with E-state index in [1.165, 1.54) is 6.08 Å². The van der Waals surface area contributed by atoms with Crippen LogP contribution in [0, 0.1) is 0 Å². The zero-order valence-corrected chi connectivity index (χ0v) is 6.19. The van der Waals surface area contributed by atoms with Crippen molar-refractivity contribution in [3.05, 3.63) is 12.7 Å². The summed E-state index contributed by atoms with van der Waals surface area (Å²) in [6, 6.07) is 0. The average Bonchev–Trinajstić information content (AvgIpc) is 1.37. The van der Waals surface area contributed by atoms with Crippen molar-refractivity contribution < 1.29 is 4.79 Å². The zero-order valence-electron chi connectivity index (χ0n) is 2.72. The van der Waals surface area contributed by atoms with Crippen LogP contribution in [0.5, 0.6) is 0 Å². The summed E-state index contributed by atoms with van der Waals surface area (Å²) in [7, 11) is 0. The van der Waals surface area contributed by atoms with Crippen LogP contribution < -0.4 is 0 Å². The van der Waals surface area contributed by atoms with E-state index in [4.69, 9.17) is 4.79 Å². The second-order valence-corrected chi connectivity index (χ2v) is 0.372. The molecule has 0 aliphatic heterocycles. The average molecular weight is 265 g/mol. The van der Waals surface area contributed by atoms with Crippen LogP contribution in [0.25, 0.3) is 0 Å². The van der Waals surface area contributed by atoms with Gasteiger partial charge in [0.1, 0.15) is 6.29 Å². The fraction of sp³-hybridized carbons (Fsp3) is 0. The smallest absolute Gasteiger partial charge is 0.142 e. The van der Waals surface area contributed by atoms with E-state index in [1.54, 1.807) is 0 Å². The molecule has 0 saturated heterocycles. The monoisotopic (exact) mass is 265 g/mol. The van der Waals surface area contributed by atoms with Gasteiger partial charge in [-0.15, -0.1) is 0 Å². The molecule has 0 amide bonds. The normalized spacial score (nSPS) is 4.00. The van der Waals surface area contributed by atoms with Gasteiger partial charge in [0.15, 0.2) is 0 Å². The van der Waals surface area contributed by atoms with Crippen molar-refractivity contribution in [2.75, 3.05) is 0 Å². The molecule has 0 N–H and O–H groups in total. The minimum atomic E-state index is 0. The molecule has 0 aliphatic rings. The van der Waals surface area contributed by atoms with Gasteiger partial charge in [-0.2, -0.15) is 0 Å². The second-order valence-electron chi connectivity index (χ2n) is 0.372. The Morgan fingerprint density at radius 3 is 1.80 bits per heavy atom. The quantitative estimate of drug-likeness (QED) is 0.370. The Labute approximate surface area is 50.2 Å². The Morgan fingerprint density at radius 1 is 1.60 bits per heavy atom. The van der Waals surface area contributed by atoms with Gasteiger partial charge >= 0.3 is 0 Å². The van der Waals surface area contributed by atoms with E-state index in [0.717, 1.165) is 0 Å². The van der Waals surface area contributed by atoms with E-state index < -0.39 is 0 Å².